The Balaban J connectivity index is 1.80. The second-order valence-electron chi connectivity index (χ2n) is 10.5. The Morgan fingerprint density at radius 2 is 1.68 bits per heavy atom. The van der Waals surface area contributed by atoms with E-state index in [1.807, 2.05) is 17.0 Å². The van der Waals surface area contributed by atoms with Crippen molar-refractivity contribution in [3.05, 3.63) is 75.3 Å². The Morgan fingerprint density at radius 1 is 1.08 bits per heavy atom. The smallest absolute Gasteiger partial charge is 0.257 e. The summed E-state index contributed by atoms with van der Waals surface area (Å²) < 4.78 is 0. The zero-order valence-electron chi connectivity index (χ0n) is 21.9. The molecule has 0 atom stereocenters. The summed E-state index contributed by atoms with van der Waals surface area (Å²) in [5.41, 5.74) is 14.3. The van der Waals surface area contributed by atoms with E-state index in [0.717, 1.165) is 31.2 Å². The molecule has 0 unspecified atom stereocenters. The fraction of sp³-hybridized carbons (Fsp3) is 0.393. The zero-order valence-corrected chi connectivity index (χ0v) is 23.4. The van der Waals surface area contributed by atoms with Crippen LogP contribution >= 0.6 is 23.2 Å². The lowest BCUT2D eigenvalue weighted by Gasteiger charge is -2.41. The van der Waals surface area contributed by atoms with Gasteiger partial charge in [0.25, 0.3) is 5.91 Å². The van der Waals surface area contributed by atoms with Gasteiger partial charge in [0.1, 0.15) is 0 Å². The van der Waals surface area contributed by atoms with Crippen molar-refractivity contribution in [2.24, 2.45) is 27.4 Å². The lowest BCUT2D eigenvalue weighted by Crippen LogP contribution is -2.42. The number of carbonyl (C=O) groups is 2. The number of guanidine groups is 1. The number of halogens is 2. The number of carbonyl (C=O) groups excluding carboxylic acids is 2. The highest BCUT2D eigenvalue weighted by atomic mass is 35.5. The van der Waals surface area contributed by atoms with Gasteiger partial charge in [-0.25, -0.2) is 0 Å². The first-order valence-corrected chi connectivity index (χ1v) is 13.3. The van der Waals surface area contributed by atoms with Gasteiger partial charge >= 0.3 is 0 Å². The van der Waals surface area contributed by atoms with Gasteiger partial charge in [-0.1, -0.05) is 67.3 Å². The van der Waals surface area contributed by atoms with Gasteiger partial charge in [-0.05, 0) is 78.1 Å². The van der Waals surface area contributed by atoms with Crippen LogP contribution in [0.3, 0.4) is 0 Å². The molecule has 4 N–H and O–H groups in total. The Bertz CT molecular complexity index is 1190. The molecule has 0 bridgehead atoms. The van der Waals surface area contributed by atoms with Gasteiger partial charge in [0.05, 0.1) is 0 Å². The van der Waals surface area contributed by atoms with Crippen molar-refractivity contribution >= 4 is 47.1 Å². The highest BCUT2D eigenvalue weighted by Crippen LogP contribution is 2.39. The molecule has 8 nitrogen and oxygen atoms in total. The van der Waals surface area contributed by atoms with Crippen LogP contribution in [0.15, 0.2) is 58.9 Å². The molecule has 1 fully saturated rings. The van der Waals surface area contributed by atoms with Crippen LogP contribution in [0.25, 0.3) is 6.08 Å². The summed E-state index contributed by atoms with van der Waals surface area (Å²) in [6, 6.07) is 12.3. The molecule has 0 spiro atoms. The molecule has 2 aromatic rings. The molecular weight excluding hydrogens is 523 g/mol. The third-order valence-corrected chi connectivity index (χ3v) is 7.67. The minimum Gasteiger partial charge on any atom is -0.368 e. The Morgan fingerprint density at radius 3 is 2.24 bits per heavy atom. The van der Waals surface area contributed by atoms with Crippen molar-refractivity contribution in [1.82, 2.24) is 10.2 Å². The maximum Gasteiger partial charge on any atom is 0.257 e. The van der Waals surface area contributed by atoms with E-state index in [1.54, 1.807) is 36.4 Å². The van der Waals surface area contributed by atoms with E-state index in [-0.39, 0.29) is 23.3 Å². The summed E-state index contributed by atoms with van der Waals surface area (Å²) in [6.07, 6.45) is 7.17. The third kappa shape index (κ3) is 7.88. The number of benzene rings is 2. The summed E-state index contributed by atoms with van der Waals surface area (Å²) in [7, 11) is 0. The van der Waals surface area contributed by atoms with Crippen LogP contribution in [0, 0.1) is 16.9 Å². The van der Waals surface area contributed by atoms with E-state index in [2.05, 4.69) is 36.4 Å². The van der Waals surface area contributed by atoms with Crippen LogP contribution in [0.5, 0.6) is 0 Å². The van der Waals surface area contributed by atoms with E-state index in [1.165, 1.54) is 6.08 Å². The summed E-state index contributed by atoms with van der Waals surface area (Å²) in [6.45, 7) is 7.22. The molecule has 1 aliphatic carbocycles. The number of rotatable bonds is 7. The molecule has 2 amide bonds. The second kappa shape index (κ2) is 13.0. The first-order chi connectivity index (χ1) is 18.0. The average Bonchev–Trinajstić information content (AvgIpc) is 2.87. The largest absolute Gasteiger partial charge is 0.368 e. The van der Waals surface area contributed by atoms with E-state index in [9.17, 15) is 9.59 Å². The third-order valence-electron chi connectivity index (χ3n) is 7.01. The van der Waals surface area contributed by atoms with Crippen LogP contribution in [0.4, 0.5) is 0 Å². The van der Waals surface area contributed by atoms with Crippen molar-refractivity contribution in [3.63, 3.8) is 0 Å². The number of nitrogens with two attached hydrogens (primary N) is 1. The summed E-state index contributed by atoms with van der Waals surface area (Å²) in [4.78, 5) is 27.8. The van der Waals surface area contributed by atoms with Crippen LogP contribution < -0.4 is 11.1 Å². The monoisotopic (exact) mass is 556 g/mol. The Hall–Kier alpha value is -3.23. The predicted molar refractivity (Wildman–Crippen MR) is 152 cm³/mol. The predicted octanol–water partition coefficient (Wildman–Crippen LogP) is 6.63. The summed E-state index contributed by atoms with van der Waals surface area (Å²) in [5.74, 6) is -0.230. The van der Waals surface area contributed by atoms with Gasteiger partial charge < -0.3 is 10.6 Å². The fourth-order valence-electron chi connectivity index (χ4n) is 4.79. The number of nitrogens with zero attached hydrogens (tertiary/aromatic N) is 3. The number of hydrogen-bond acceptors (Lipinski definition) is 4. The highest BCUT2D eigenvalue weighted by Gasteiger charge is 2.33. The number of hydrogen-bond donors (Lipinski definition) is 3. The van der Waals surface area contributed by atoms with Gasteiger partial charge in [0, 0.05) is 39.8 Å². The van der Waals surface area contributed by atoms with E-state index < -0.39 is 5.91 Å². The number of nitrogens with one attached hydrogen (secondary N) is 2. The van der Waals surface area contributed by atoms with E-state index in [4.69, 9.17) is 34.5 Å². The van der Waals surface area contributed by atoms with Gasteiger partial charge in [-0.15, -0.1) is 0 Å². The first-order valence-electron chi connectivity index (χ1n) is 12.5. The molecule has 2 aromatic carbocycles. The average molecular weight is 558 g/mol. The molecule has 0 heterocycles. The fourth-order valence-corrected chi connectivity index (χ4v) is 5.31. The SMILES string of the molecule is CC(C)(C)C1CCC(N(Cc2ccc(C(=O)NC(N)=NN=N)cc2)C(=O)C=Cc2c(Cl)cccc2Cl)CC1. The molecule has 1 aliphatic rings. The van der Waals surface area contributed by atoms with Crippen LogP contribution in [-0.2, 0) is 11.3 Å². The normalized spacial score (nSPS) is 18.3. The molecule has 0 aliphatic heterocycles. The van der Waals surface area contributed by atoms with Crippen molar-refractivity contribution < 1.29 is 9.59 Å². The molecule has 10 heteroatoms. The minimum atomic E-state index is -0.463. The van der Waals surface area contributed by atoms with Gasteiger partial charge in [-0.2, -0.15) is 5.53 Å². The Kier molecular flexibility index (Phi) is 10.1. The van der Waals surface area contributed by atoms with Crippen molar-refractivity contribution in [2.75, 3.05) is 0 Å². The molecule has 0 saturated heterocycles. The van der Waals surface area contributed by atoms with Crippen LogP contribution in [0.1, 0.15) is 67.9 Å². The lowest BCUT2D eigenvalue weighted by atomic mass is 9.71. The minimum absolute atomic E-state index is 0.0973. The molecule has 3 rings (SSSR count). The molecule has 38 heavy (non-hydrogen) atoms. The van der Waals surface area contributed by atoms with Crippen LogP contribution in [0.2, 0.25) is 10.0 Å². The van der Waals surface area contributed by atoms with Crippen molar-refractivity contribution in [2.45, 2.75) is 59.0 Å². The van der Waals surface area contributed by atoms with Gasteiger partial charge in [0.15, 0.2) is 0 Å². The quantitative estimate of drug-likeness (QED) is 0.116. The van der Waals surface area contributed by atoms with E-state index in [0.29, 0.717) is 33.6 Å². The summed E-state index contributed by atoms with van der Waals surface area (Å²) >= 11 is 12.6. The first kappa shape index (κ1) is 29.3. The van der Waals surface area contributed by atoms with Gasteiger partial charge in [-0.3, -0.25) is 14.9 Å². The second-order valence-corrected chi connectivity index (χ2v) is 11.4. The van der Waals surface area contributed by atoms with E-state index >= 15 is 0 Å². The molecule has 202 valence electrons. The number of amides is 2. The van der Waals surface area contributed by atoms with Crippen molar-refractivity contribution in [3.8, 4) is 0 Å². The topological polar surface area (TPSA) is 124 Å². The van der Waals surface area contributed by atoms with Crippen LogP contribution in [-0.4, -0.2) is 28.7 Å². The van der Waals surface area contributed by atoms with Gasteiger partial charge in [0.2, 0.25) is 11.9 Å². The van der Waals surface area contributed by atoms with Crippen molar-refractivity contribution in [1.29, 1.82) is 5.53 Å². The Labute approximate surface area is 233 Å². The summed E-state index contributed by atoms with van der Waals surface area (Å²) in [5, 5.41) is 9.40. The highest BCUT2D eigenvalue weighted by molar-refractivity contribution is 6.37. The molecular formula is C28H34Cl2N6O2. The standard InChI is InChI=1S/C28H34Cl2N6O2/c1-28(2,3)20-11-13-21(14-12-20)36(25(37)16-15-22-23(29)5-4-6-24(22)30)17-18-7-9-19(10-8-18)26(38)33-27(31)34-35-32/h4-10,15-16,20-21H,11-14,17H2,1-3H3,(H4,31,32,33,34,38). The maximum atomic E-state index is 13.5. The molecule has 0 aromatic heterocycles. The molecule has 0 radical (unpaired) electrons. The zero-order chi connectivity index (χ0) is 27.9. The molecule has 1 saturated carbocycles. The maximum absolute atomic E-state index is 13.5. The lowest BCUT2D eigenvalue weighted by molar-refractivity contribution is -0.130.